The molecule has 9 heteroatoms. The number of hydrogen-bond donors (Lipinski definition) is 1. The zero-order valence-electron chi connectivity index (χ0n) is 13.2. The van der Waals surface area contributed by atoms with Gasteiger partial charge in [0, 0.05) is 25.6 Å². The van der Waals surface area contributed by atoms with E-state index >= 15 is 0 Å². The predicted molar refractivity (Wildman–Crippen MR) is 90.9 cm³/mol. The molecule has 0 spiro atoms. The monoisotopic (exact) mass is 357 g/mol. The molecule has 0 saturated heterocycles. The van der Waals surface area contributed by atoms with Crippen molar-refractivity contribution in [3.8, 4) is 0 Å². The minimum Gasteiger partial charge on any atom is -0.453 e. The maximum Gasteiger partial charge on any atom is 0.413 e. The first kappa shape index (κ1) is 17.6. The summed E-state index contributed by atoms with van der Waals surface area (Å²) in [5, 5.41) is 2.57. The molecule has 2 rings (SSSR count). The number of aliphatic imine (C=N–C) groups is 1. The van der Waals surface area contributed by atoms with Crippen molar-refractivity contribution >= 4 is 39.3 Å². The molecule has 1 heterocycles. The molecule has 2 atom stereocenters. The Morgan fingerprint density at radius 1 is 1.26 bits per heavy atom. The van der Waals surface area contributed by atoms with Gasteiger partial charge in [-0.15, -0.1) is 0 Å². The van der Waals surface area contributed by atoms with Crippen molar-refractivity contribution in [1.29, 1.82) is 0 Å². The summed E-state index contributed by atoms with van der Waals surface area (Å²) in [5.74, 6) is 0.313. The topological polar surface area (TPSA) is 88.1 Å². The fourth-order valence-electron chi connectivity index (χ4n) is 2.30. The molecule has 23 heavy (non-hydrogen) atoms. The Morgan fingerprint density at radius 2 is 1.87 bits per heavy atom. The van der Waals surface area contributed by atoms with Crippen LogP contribution in [0.4, 0.5) is 10.5 Å². The Morgan fingerprint density at radius 3 is 2.39 bits per heavy atom. The maximum absolute atomic E-state index is 12.1. The number of anilines is 1. The van der Waals surface area contributed by atoms with Crippen LogP contribution in [0, 0.1) is 0 Å². The van der Waals surface area contributed by atoms with E-state index in [4.69, 9.17) is 0 Å². The van der Waals surface area contributed by atoms with Crippen molar-refractivity contribution in [2.45, 2.75) is 16.2 Å². The summed E-state index contributed by atoms with van der Waals surface area (Å²) in [6.07, 6.45) is 3.27. The molecule has 1 aliphatic heterocycles. The zero-order valence-corrected chi connectivity index (χ0v) is 14.8. The number of carbonyl (C=O) groups excluding carboxylic acids is 1. The van der Waals surface area contributed by atoms with Crippen LogP contribution >= 0.6 is 0 Å². The molecule has 1 aromatic rings. The molecule has 126 valence electrons. The predicted octanol–water partition coefficient (Wildman–Crippen LogP) is 1.08. The molecular formula is C14H19N3O4S2. The SMILES string of the molecule is COC(=O)NC1=NCCCN1c1c(S(C)=O)cccc1S(C)=O. The van der Waals surface area contributed by atoms with Crippen LogP contribution in [0.25, 0.3) is 0 Å². The molecule has 0 aromatic heterocycles. The molecule has 1 aliphatic rings. The lowest BCUT2D eigenvalue weighted by atomic mass is 10.2. The number of methoxy groups -OCH3 is 1. The average Bonchev–Trinajstić information content (AvgIpc) is 2.54. The lowest BCUT2D eigenvalue weighted by Gasteiger charge is -2.31. The number of guanidine groups is 1. The second-order valence-electron chi connectivity index (χ2n) is 4.84. The molecule has 1 aromatic carbocycles. The molecule has 0 aliphatic carbocycles. The third-order valence-corrected chi connectivity index (χ3v) is 5.21. The Bertz CT molecular complexity index is 658. The number of nitrogens with zero attached hydrogens (tertiary/aromatic N) is 2. The fourth-order valence-corrected chi connectivity index (χ4v) is 3.89. The van der Waals surface area contributed by atoms with E-state index in [1.54, 1.807) is 35.6 Å². The minimum atomic E-state index is -1.27. The summed E-state index contributed by atoms with van der Waals surface area (Å²) < 4.78 is 28.8. The van der Waals surface area contributed by atoms with E-state index in [-0.39, 0.29) is 0 Å². The van der Waals surface area contributed by atoms with Crippen LogP contribution in [0.15, 0.2) is 33.0 Å². The molecule has 0 saturated carbocycles. The summed E-state index contributed by atoms with van der Waals surface area (Å²) in [5.41, 5.74) is 0.573. The van der Waals surface area contributed by atoms with Gasteiger partial charge in [0.25, 0.3) is 0 Å². The van der Waals surface area contributed by atoms with Crippen LogP contribution in [-0.4, -0.2) is 53.2 Å². The first-order valence-electron chi connectivity index (χ1n) is 6.92. The molecule has 0 fully saturated rings. The second kappa shape index (κ2) is 7.69. The van der Waals surface area contributed by atoms with Crippen LogP contribution < -0.4 is 10.2 Å². The van der Waals surface area contributed by atoms with Crippen LogP contribution in [-0.2, 0) is 26.3 Å². The molecule has 2 unspecified atom stereocenters. The van der Waals surface area contributed by atoms with E-state index in [2.05, 4.69) is 15.0 Å². The van der Waals surface area contributed by atoms with Crippen molar-refractivity contribution in [3.63, 3.8) is 0 Å². The number of amides is 1. The fraction of sp³-hybridized carbons (Fsp3) is 0.429. The molecule has 0 radical (unpaired) electrons. The van der Waals surface area contributed by atoms with Gasteiger partial charge in [0.2, 0.25) is 5.96 Å². The van der Waals surface area contributed by atoms with E-state index < -0.39 is 27.7 Å². The van der Waals surface area contributed by atoms with Gasteiger partial charge in [-0.3, -0.25) is 18.7 Å². The van der Waals surface area contributed by atoms with Crippen LogP contribution in [0.3, 0.4) is 0 Å². The number of ether oxygens (including phenoxy) is 1. The molecule has 1 amide bonds. The molecule has 1 N–H and O–H groups in total. The molecule has 7 nitrogen and oxygen atoms in total. The normalized spacial score (nSPS) is 17.2. The smallest absolute Gasteiger partial charge is 0.413 e. The van der Waals surface area contributed by atoms with Crippen LogP contribution in [0.1, 0.15) is 6.42 Å². The van der Waals surface area contributed by atoms with Crippen LogP contribution in [0.5, 0.6) is 0 Å². The van der Waals surface area contributed by atoms with Gasteiger partial charge in [-0.25, -0.2) is 4.79 Å². The zero-order chi connectivity index (χ0) is 17.0. The number of hydrogen-bond acceptors (Lipinski definition) is 6. The van der Waals surface area contributed by atoms with Gasteiger partial charge in [0.05, 0.1) is 44.2 Å². The highest BCUT2D eigenvalue weighted by atomic mass is 32.2. The lowest BCUT2D eigenvalue weighted by molar-refractivity contribution is 0.176. The van der Waals surface area contributed by atoms with E-state index in [0.29, 0.717) is 34.5 Å². The second-order valence-corrected chi connectivity index (χ2v) is 7.53. The van der Waals surface area contributed by atoms with E-state index in [1.165, 1.54) is 7.11 Å². The summed E-state index contributed by atoms with van der Waals surface area (Å²) in [4.78, 5) is 18.7. The van der Waals surface area contributed by atoms with Crippen molar-refractivity contribution in [2.75, 3.05) is 37.6 Å². The summed E-state index contributed by atoms with van der Waals surface area (Å²) in [7, 11) is -1.28. The third-order valence-electron chi connectivity index (χ3n) is 3.31. The van der Waals surface area contributed by atoms with E-state index in [9.17, 15) is 13.2 Å². The Labute approximate surface area is 140 Å². The largest absolute Gasteiger partial charge is 0.453 e. The lowest BCUT2D eigenvalue weighted by Crippen LogP contribution is -2.47. The number of para-hydroxylation sites is 1. The summed E-state index contributed by atoms with van der Waals surface area (Å²) >= 11 is 0. The van der Waals surface area contributed by atoms with Gasteiger partial charge >= 0.3 is 6.09 Å². The van der Waals surface area contributed by atoms with Crippen molar-refractivity contribution in [2.24, 2.45) is 4.99 Å². The van der Waals surface area contributed by atoms with Gasteiger partial charge in [0.1, 0.15) is 0 Å². The number of rotatable bonds is 3. The first-order chi connectivity index (χ1) is 11.0. The number of benzene rings is 1. The van der Waals surface area contributed by atoms with E-state index in [1.807, 2.05) is 0 Å². The minimum absolute atomic E-state index is 0.313. The van der Waals surface area contributed by atoms with Gasteiger partial charge in [-0.2, -0.15) is 0 Å². The number of alkyl carbamates (subject to hydrolysis) is 1. The highest BCUT2D eigenvalue weighted by Gasteiger charge is 2.26. The van der Waals surface area contributed by atoms with E-state index in [0.717, 1.165) is 6.42 Å². The van der Waals surface area contributed by atoms with Gasteiger partial charge < -0.3 is 9.64 Å². The molecule has 0 bridgehead atoms. The van der Waals surface area contributed by atoms with Crippen LogP contribution in [0.2, 0.25) is 0 Å². The quantitative estimate of drug-likeness (QED) is 0.875. The Balaban J connectivity index is 2.55. The van der Waals surface area contributed by atoms with Crippen molar-refractivity contribution in [3.05, 3.63) is 18.2 Å². The highest BCUT2D eigenvalue weighted by molar-refractivity contribution is 7.85. The van der Waals surface area contributed by atoms with Crippen molar-refractivity contribution in [1.82, 2.24) is 5.32 Å². The summed E-state index contributed by atoms with van der Waals surface area (Å²) in [6, 6.07) is 5.18. The van der Waals surface area contributed by atoms with Gasteiger partial charge in [0.15, 0.2) is 0 Å². The maximum atomic E-state index is 12.1. The Hall–Kier alpha value is -1.74. The number of nitrogens with one attached hydrogen (secondary N) is 1. The Kier molecular flexibility index (Phi) is 5.89. The van der Waals surface area contributed by atoms with Crippen molar-refractivity contribution < 1.29 is 17.9 Å². The first-order valence-corrected chi connectivity index (χ1v) is 10.0. The standard InChI is InChI=1S/C14H19N3O4S2/c1-21-14(18)16-13-15-8-5-9-17(13)12-10(22(2)19)6-4-7-11(12)23(3)20/h4,6-7H,5,8-9H2,1-3H3,(H,15,16,18). The molecular weight excluding hydrogens is 338 g/mol. The average molecular weight is 357 g/mol. The van der Waals surface area contributed by atoms with Gasteiger partial charge in [-0.1, -0.05) is 6.07 Å². The highest BCUT2D eigenvalue weighted by Crippen LogP contribution is 2.31. The summed E-state index contributed by atoms with van der Waals surface area (Å²) in [6.45, 7) is 1.14. The number of carbonyl (C=O) groups is 1. The van der Waals surface area contributed by atoms with Gasteiger partial charge in [-0.05, 0) is 18.6 Å². The third kappa shape index (κ3) is 3.97.